The number of anilines is 1. The monoisotopic (exact) mass is 419 g/mol. The van der Waals surface area contributed by atoms with E-state index in [-0.39, 0.29) is 10.9 Å². The first-order valence-electron chi connectivity index (χ1n) is 9.22. The molecule has 1 saturated heterocycles. The van der Waals surface area contributed by atoms with Crippen LogP contribution in [0.1, 0.15) is 31.4 Å². The maximum Gasteiger partial charge on any atom is 0.243 e. The summed E-state index contributed by atoms with van der Waals surface area (Å²) >= 11 is 5.43. The summed E-state index contributed by atoms with van der Waals surface area (Å²) in [5, 5.41) is 6.69. The van der Waals surface area contributed by atoms with E-state index >= 15 is 0 Å². The Morgan fingerprint density at radius 3 is 2.46 bits per heavy atom. The number of nitrogens with zero attached hydrogens (tertiary/aromatic N) is 1. The van der Waals surface area contributed by atoms with Gasteiger partial charge in [0.2, 0.25) is 10.0 Å². The van der Waals surface area contributed by atoms with Crippen molar-refractivity contribution in [2.45, 2.75) is 30.7 Å². The van der Waals surface area contributed by atoms with Gasteiger partial charge in [-0.1, -0.05) is 30.3 Å². The Balaban J connectivity index is 1.77. The minimum absolute atomic E-state index is 0.00344. The summed E-state index contributed by atoms with van der Waals surface area (Å²) in [5.41, 5.74) is 1.62. The van der Waals surface area contributed by atoms with Crippen LogP contribution in [0.3, 0.4) is 0 Å². The Bertz CT molecular complexity index is 927. The first kappa shape index (κ1) is 20.6. The summed E-state index contributed by atoms with van der Waals surface area (Å²) in [4.78, 5) is 0.233. The molecule has 0 saturated carbocycles. The largest absolute Gasteiger partial charge is 0.495 e. The Kier molecular flexibility index (Phi) is 6.53. The lowest BCUT2D eigenvalue weighted by Gasteiger charge is -2.20. The van der Waals surface area contributed by atoms with Gasteiger partial charge in [-0.15, -0.1) is 0 Å². The molecule has 0 radical (unpaired) electrons. The normalized spacial score (nSPS) is 15.8. The predicted molar refractivity (Wildman–Crippen MR) is 115 cm³/mol. The Hall–Kier alpha value is -2.16. The summed E-state index contributed by atoms with van der Waals surface area (Å²) < 4.78 is 32.6. The van der Waals surface area contributed by atoms with Gasteiger partial charge in [-0.05, 0) is 55.7 Å². The van der Waals surface area contributed by atoms with Crippen LogP contribution in [0.4, 0.5) is 5.69 Å². The lowest BCUT2D eigenvalue weighted by molar-refractivity contribution is 0.416. The second-order valence-corrected chi connectivity index (χ2v) is 9.05. The van der Waals surface area contributed by atoms with Crippen molar-refractivity contribution in [2.24, 2.45) is 0 Å². The van der Waals surface area contributed by atoms with Gasteiger partial charge < -0.3 is 15.4 Å². The summed E-state index contributed by atoms with van der Waals surface area (Å²) in [5.74, 6) is 0.525. The number of methoxy groups -OCH3 is 1. The maximum absolute atomic E-state index is 12.8. The predicted octanol–water partition coefficient (Wildman–Crippen LogP) is 3.53. The molecule has 1 aliphatic rings. The standard InChI is InChI=1S/C20H25N3O3S2/c1-15(16-8-4-3-5-9-16)21-20(27)22-18-14-17(10-11-19(18)26-2)28(24,25)23-12-6-7-13-23/h3-5,8-11,14-15H,6-7,12-13H2,1-2H3,(H2,21,22,27)/t15-/m0/s1. The molecule has 28 heavy (non-hydrogen) atoms. The molecule has 0 aliphatic carbocycles. The number of hydrogen-bond donors (Lipinski definition) is 2. The van der Waals surface area contributed by atoms with Crippen molar-refractivity contribution in [1.82, 2.24) is 9.62 Å². The van der Waals surface area contributed by atoms with Crippen molar-refractivity contribution in [1.29, 1.82) is 0 Å². The molecule has 2 aromatic rings. The number of ether oxygens (including phenoxy) is 1. The molecule has 1 fully saturated rings. The second kappa shape index (κ2) is 8.89. The van der Waals surface area contributed by atoms with Crippen LogP contribution in [0.25, 0.3) is 0 Å². The van der Waals surface area contributed by atoms with Gasteiger partial charge in [0.05, 0.1) is 23.7 Å². The molecular weight excluding hydrogens is 394 g/mol. The molecule has 1 atom stereocenters. The molecule has 0 aromatic heterocycles. The Labute approximate surface area is 171 Å². The minimum Gasteiger partial charge on any atom is -0.495 e. The van der Waals surface area contributed by atoms with E-state index in [9.17, 15) is 8.42 Å². The van der Waals surface area contributed by atoms with Gasteiger partial charge in [0, 0.05) is 13.1 Å². The van der Waals surface area contributed by atoms with Crippen LogP contribution in [0.5, 0.6) is 5.75 Å². The van der Waals surface area contributed by atoms with Crippen molar-refractivity contribution in [3.8, 4) is 5.75 Å². The average Bonchev–Trinajstić information content (AvgIpc) is 3.24. The molecular formula is C20H25N3O3S2. The fraction of sp³-hybridized carbons (Fsp3) is 0.350. The first-order chi connectivity index (χ1) is 13.4. The van der Waals surface area contributed by atoms with Crippen molar-refractivity contribution in [3.63, 3.8) is 0 Å². The van der Waals surface area contributed by atoms with Crippen LogP contribution >= 0.6 is 12.2 Å². The first-order valence-corrected chi connectivity index (χ1v) is 11.1. The summed E-state index contributed by atoms with van der Waals surface area (Å²) in [7, 11) is -1.97. The lowest BCUT2D eigenvalue weighted by atomic mass is 10.1. The van der Waals surface area contributed by atoms with Crippen LogP contribution in [-0.4, -0.2) is 38.0 Å². The van der Waals surface area contributed by atoms with E-state index in [1.54, 1.807) is 18.2 Å². The molecule has 0 amide bonds. The number of thiocarbonyl (C=S) groups is 1. The van der Waals surface area contributed by atoms with Crippen molar-refractivity contribution in [3.05, 3.63) is 54.1 Å². The fourth-order valence-corrected chi connectivity index (χ4v) is 5.03. The zero-order valence-corrected chi connectivity index (χ0v) is 17.6. The smallest absolute Gasteiger partial charge is 0.243 e. The van der Waals surface area contributed by atoms with Crippen LogP contribution < -0.4 is 15.4 Å². The summed E-state index contributed by atoms with van der Waals surface area (Å²) in [6.07, 6.45) is 1.79. The van der Waals surface area contributed by atoms with E-state index in [2.05, 4.69) is 10.6 Å². The number of benzene rings is 2. The molecule has 150 valence electrons. The Morgan fingerprint density at radius 1 is 1.14 bits per heavy atom. The number of rotatable bonds is 6. The zero-order chi connectivity index (χ0) is 20.1. The van der Waals surface area contributed by atoms with Gasteiger partial charge in [0.1, 0.15) is 5.75 Å². The quantitative estimate of drug-likeness (QED) is 0.698. The van der Waals surface area contributed by atoms with Crippen molar-refractivity contribution >= 4 is 33.0 Å². The van der Waals surface area contributed by atoms with Crippen LogP contribution in [0, 0.1) is 0 Å². The summed E-state index contributed by atoms with van der Waals surface area (Å²) in [6, 6.07) is 14.7. The molecule has 8 heteroatoms. The second-order valence-electron chi connectivity index (χ2n) is 6.70. The van der Waals surface area contributed by atoms with Gasteiger partial charge in [-0.3, -0.25) is 0 Å². The zero-order valence-electron chi connectivity index (χ0n) is 16.0. The van der Waals surface area contributed by atoms with E-state index in [0.29, 0.717) is 29.6 Å². The molecule has 2 N–H and O–H groups in total. The van der Waals surface area contributed by atoms with E-state index in [1.165, 1.54) is 11.4 Å². The number of hydrogen-bond acceptors (Lipinski definition) is 4. The lowest BCUT2D eigenvalue weighted by Crippen LogP contribution is -2.31. The Morgan fingerprint density at radius 2 is 1.82 bits per heavy atom. The van der Waals surface area contributed by atoms with Crippen molar-refractivity contribution < 1.29 is 13.2 Å². The topological polar surface area (TPSA) is 70.7 Å². The van der Waals surface area contributed by atoms with Gasteiger partial charge in [0.15, 0.2) is 5.11 Å². The molecule has 2 aromatic carbocycles. The molecule has 0 unspecified atom stereocenters. The van der Waals surface area contributed by atoms with Gasteiger partial charge in [0.25, 0.3) is 0 Å². The van der Waals surface area contributed by atoms with E-state index < -0.39 is 10.0 Å². The third-order valence-corrected chi connectivity index (χ3v) is 6.88. The van der Waals surface area contributed by atoms with Crippen LogP contribution in [-0.2, 0) is 10.0 Å². The van der Waals surface area contributed by atoms with Gasteiger partial charge in [-0.25, -0.2) is 8.42 Å². The highest BCUT2D eigenvalue weighted by Crippen LogP contribution is 2.30. The summed E-state index contributed by atoms with van der Waals surface area (Å²) in [6.45, 7) is 3.13. The molecule has 6 nitrogen and oxygen atoms in total. The van der Waals surface area contributed by atoms with Crippen LogP contribution in [0.15, 0.2) is 53.4 Å². The third-order valence-electron chi connectivity index (χ3n) is 4.77. The average molecular weight is 420 g/mol. The minimum atomic E-state index is -3.51. The van der Waals surface area contributed by atoms with Gasteiger partial charge >= 0.3 is 0 Å². The molecule has 0 bridgehead atoms. The third kappa shape index (κ3) is 4.63. The highest BCUT2D eigenvalue weighted by Gasteiger charge is 2.28. The van der Waals surface area contributed by atoms with E-state index in [0.717, 1.165) is 18.4 Å². The maximum atomic E-state index is 12.8. The van der Waals surface area contributed by atoms with Crippen LogP contribution in [0.2, 0.25) is 0 Å². The SMILES string of the molecule is COc1ccc(S(=O)(=O)N2CCCC2)cc1NC(=S)N[C@@H](C)c1ccccc1. The molecule has 1 heterocycles. The van der Waals surface area contributed by atoms with E-state index in [1.807, 2.05) is 37.3 Å². The number of sulfonamides is 1. The van der Waals surface area contributed by atoms with Crippen molar-refractivity contribution in [2.75, 3.05) is 25.5 Å². The van der Waals surface area contributed by atoms with Gasteiger partial charge in [-0.2, -0.15) is 4.31 Å². The molecule has 3 rings (SSSR count). The fourth-order valence-electron chi connectivity index (χ4n) is 3.20. The highest BCUT2D eigenvalue weighted by molar-refractivity contribution is 7.89. The van der Waals surface area contributed by atoms with E-state index in [4.69, 9.17) is 17.0 Å². The molecule has 1 aliphatic heterocycles. The molecule has 0 spiro atoms. The number of nitrogens with one attached hydrogen (secondary N) is 2. The highest BCUT2D eigenvalue weighted by atomic mass is 32.2.